The van der Waals surface area contributed by atoms with E-state index >= 15 is 0 Å². The van der Waals surface area contributed by atoms with Crippen LogP contribution in [0.2, 0.25) is 0 Å². The molecule has 0 aliphatic carbocycles. The Balaban J connectivity index is 2.16. The number of phenolic OH excluding ortho intramolecular Hbond substituents is 1. The number of aromatic nitrogens is 1. The first-order chi connectivity index (χ1) is 9.74. The molecule has 0 bridgehead atoms. The van der Waals surface area contributed by atoms with Gasteiger partial charge in [-0.3, -0.25) is 5.43 Å². The third kappa shape index (κ3) is 3.17. The molecule has 2 aromatic rings. The monoisotopic (exact) mass is 273 g/mol. The van der Waals surface area contributed by atoms with Gasteiger partial charge in [0.15, 0.2) is 11.5 Å². The average molecular weight is 273 g/mol. The van der Waals surface area contributed by atoms with Crippen molar-refractivity contribution < 1.29 is 14.6 Å². The van der Waals surface area contributed by atoms with Crippen LogP contribution >= 0.6 is 0 Å². The number of aromatic hydroxyl groups is 1. The highest BCUT2D eigenvalue weighted by molar-refractivity contribution is 5.82. The number of phenols is 1. The molecule has 6 heteroatoms. The molecule has 1 heterocycles. The fraction of sp³-hybridized carbons (Fsp3) is 0.143. The van der Waals surface area contributed by atoms with E-state index in [0.717, 1.165) is 5.56 Å². The van der Waals surface area contributed by atoms with E-state index in [1.54, 1.807) is 30.6 Å². The SMILES string of the molecule is COc1cc(/C=N/Nc2ccccn2)cc(OC)c1O. The Morgan fingerprint density at radius 2 is 1.90 bits per heavy atom. The van der Waals surface area contributed by atoms with Gasteiger partial charge in [0, 0.05) is 11.8 Å². The molecule has 0 unspecified atom stereocenters. The first-order valence-electron chi connectivity index (χ1n) is 5.89. The highest BCUT2D eigenvalue weighted by atomic mass is 16.5. The zero-order valence-corrected chi connectivity index (χ0v) is 11.2. The summed E-state index contributed by atoms with van der Waals surface area (Å²) in [6.07, 6.45) is 3.25. The zero-order valence-electron chi connectivity index (χ0n) is 11.2. The first-order valence-corrected chi connectivity index (χ1v) is 5.89. The fourth-order valence-electron chi connectivity index (χ4n) is 1.59. The van der Waals surface area contributed by atoms with Crippen LogP contribution in [0.3, 0.4) is 0 Å². The summed E-state index contributed by atoms with van der Waals surface area (Å²) in [5.41, 5.74) is 3.52. The molecule has 0 saturated heterocycles. The zero-order chi connectivity index (χ0) is 14.4. The highest BCUT2D eigenvalue weighted by Crippen LogP contribution is 2.36. The number of hydrazone groups is 1. The van der Waals surface area contributed by atoms with Crippen LogP contribution in [0.1, 0.15) is 5.56 Å². The van der Waals surface area contributed by atoms with E-state index in [2.05, 4.69) is 15.5 Å². The number of ether oxygens (including phenoxy) is 2. The number of rotatable bonds is 5. The van der Waals surface area contributed by atoms with Crippen molar-refractivity contribution in [1.82, 2.24) is 4.98 Å². The Labute approximate surface area is 116 Å². The molecular weight excluding hydrogens is 258 g/mol. The topological polar surface area (TPSA) is 76.0 Å². The van der Waals surface area contributed by atoms with E-state index in [-0.39, 0.29) is 5.75 Å². The third-order valence-corrected chi connectivity index (χ3v) is 2.56. The van der Waals surface area contributed by atoms with Crippen LogP contribution in [0, 0.1) is 0 Å². The standard InChI is InChI=1S/C14H15N3O3/c1-19-11-7-10(8-12(20-2)14(11)18)9-16-17-13-5-3-4-6-15-13/h3-9,18H,1-2H3,(H,15,17)/b16-9+. The maximum atomic E-state index is 9.80. The second kappa shape index (κ2) is 6.42. The van der Waals surface area contributed by atoms with Crippen molar-refractivity contribution in [3.8, 4) is 17.2 Å². The predicted molar refractivity (Wildman–Crippen MR) is 76.7 cm³/mol. The summed E-state index contributed by atoms with van der Waals surface area (Å²) in [5.74, 6) is 1.25. The molecule has 20 heavy (non-hydrogen) atoms. The van der Waals surface area contributed by atoms with Crippen molar-refractivity contribution in [2.75, 3.05) is 19.6 Å². The summed E-state index contributed by atoms with van der Waals surface area (Å²) < 4.78 is 10.1. The molecule has 6 nitrogen and oxygen atoms in total. The van der Waals surface area contributed by atoms with E-state index in [0.29, 0.717) is 17.3 Å². The molecule has 104 valence electrons. The number of methoxy groups -OCH3 is 2. The predicted octanol–water partition coefficient (Wildman–Crippen LogP) is 2.25. The molecule has 0 spiro atoms. The number of hydrogen-bond donors (Lipinski definition) is 2. The van der Waals surface area contributed by atoms with Crippen molar-refractivity contribution in [3.63, 3.8) is 0 Å². The fourth-order valence-corrected chi connectivity index (χ4v) is 1.59. The molecule has 0 radical (unpaired) electrons. The van der Waals surface area contributed by atoms with Crippen LogP contribution < -0.4 is 14.9 Å². The van der Waals surface area contributed by atoms with Gasteiger partial charge in [0.2, 0.25) is 5.75 Å². The minimum atomic E-state index is -0.0372. The Hall–Kier alpha value is -2.76. The summed E-state index contributed by atoms with van der Waals surface area (Å²) in [6.45, 7) is 0. The molecule has 2 N–H and O–H groups in total. The summed E-state index contributed by atoms with van der Waals surface area (Å²) in [7, 11) is 2.95. The maximum Gasteiger partial charge on any atom is 0.200 e. The number of hydrogen-bond acceptors (Lipinski definition) is 6. The molecule has 1 aromatic carbocycles. The van der Waals surface area contributed by atoms with Crippen LogP contribution in [0.4, 0.5) is 5.82 Å². The summed E-state index contributed by atoms with van der Waals surface area (Å²) in [5, 5.41) is 13.9. The maximum absolute atomic E-state index is 9.80. The molecule has 0 fully saturated rings. The Kier molecular flexibility index (Phi) is 4.39. The van der Waals surface area contributed by atoms with E-state index < -0.39 is 0 Å². The number of nitrogens with zero attached hydrogens (tertiary/aromatic N) is 2. The van der Waals surface area contributed by atoms with Gasteiger partial charge in [-0.15, -0.1) is 0 Å². The minimum Gasteiger partial charge on any atom is -0.502 e. The number of pyridine rings is 1. The molecule has 1 aromatic heterocycles. The second-order valence-corrected chi connectivity index (χ2v) is 3.86. The van der Waals surface area contributed by atoms with E-state index in [9.17, 15) is 5.11 Å². The minimum absolute atomic E-state index is 0.0372. The van der Waals surface area contributed by atoms with Crippen LogP contribution in [0.5, 0.6) is 17.2 Å². The van der Waals surface area contributed by atoms with Gasteiger partial charge in [0.25, 0.3) is 0 Å². The quantitative estimate of drug-likeness (QED) is 0.645. The van der Waals surface area contributed by atoms with Gasteiger partial charge in [0.1, 0.15) is 5.82 Å². The first kappa shape index (κ1) is 13.7. The van der Waals surface area contributed by atoms with Crippen molar-refractivity contribution in [3.05, 3.63) is 42.1 Å². The van der Waals surface area contributed by atoms with Crippen LogP contribution in [-0.2, 0) is 0 Å². The van der Waals surface area contributed by atoms with Gasteiger partial charge >= 0.3 is 0 Å². The largest absolute Gasteiger partial charge is 0.502 e. The summed E-state index contributed by atoms with van der Waals surface area (Å²) in [6, 6.07) is 8.79. The Morgan fingerprint density at radius 1 is 1.20 bits per heavy atom. The molecule has 0 aliphatic rings. The van der Waals surface area contributed by atoms with Crippen molar-refractivity contribution in [2.24, 2.45) is 5.10 Å². The lowest BCUT2D eigenvalue weighted by Crippen LogP contribution is -1.95. The van der Waals surface area contributed by atoms with Gasteiger partial charge in [0.05, 0.1) is 20.4 Å². The molecule has 0 saturated carbocycles. The molecule has 0 amide bonds. The van der Waals surface area contributed by atoms with Crippen LogP contribution in [-0.4, -0.2) is 30.5 Å². The third-order valence-electron chi connectivity index (χ3n) is 2.56. The van der Waals surface area contributed by atoms with Gasteiger partial charge in [-0.05, 0) is 24.3 Å². The smallest absolute Gasteiger partial charge is 0.200 e. The molecule has 0 atom stereocenters. The summed E-state index contributed by atoms with van der Waals surface area (Å²) >= 11 is 0. The second-order valence-electron chi connectivity index (χ2n) is 3.86. The Bertz CT molecular complexity index is 575. The van der Waals surface area contributed by atoms with Gasteiger partial charge in [-0.1, -0.05) is 6.07 Å². The summed E-state index contributed by atoms with van der Waals surface area (Å²) in [4.78, 5) is 4.08. The van der Waals surface area contributed by atoms with E-state index in [1.807, 2.05) is 12.1 Å². The van der Waals surface area contributed by atoms with Gasteiger partial charge < -0.3 is 14.6 Å². The van der Waals surface area contributed by atoms with Crippen LogP contribution in [0.15, 0.2) is 41.6 Å². The van der Waals surface area contributed by atoms with E-state index in [4.69, 9.17) is 9.47 Å². The van der Waals surface area contributed by atoms with Crippen molar-refractivity contribution in [2.45, 2.75) is 0 Å². The molecular formula is C14H15N3O3. The lowest BCUT2D eigenvalue weighted by atomic mass is 10.2. The number of nitrogens with one attached hydrogen (secondary N) is 1. The van der Waals surface area contributed by atoms with E-state index in [1.165, 1.54) is 14.2 Å². The lowest BCUT2D eigenvalue weighted by Gasteiger charge is -2.09. The highest BCUT2D eigenvalue weighted by Gasteiger charge is 2.09. The van der Waals surface area contributed by atoms with Gasteiger partial charge in [-0.25, -0.2) is 4.98 Å². The average Bonchev–Trinajstić information content (AvgIpc) is 2.49. The molecule has 2 rings (SSSR count). The normalized spacial score (nSPS) is 10.5. The van der Waals surface area contributed by atoms with Crippen LogP contribution in [0.25, 0.3) is 0 Å². The lowest BCUT2D eigenvalue weighted by molar-refractivity contribution is 0.340. The Morgan fingerprint density at radius 3 is 2.45 bits per heavy atom. The number of anilines is 1. The van der Waals surface area contributed by atoms with Crippen molar-refractivity contribution >= 4 is 12.0 Å². The number of benzene rings is 1. The van der Waals surface area contributed by atoms with Gasteiger partial charge in [-0.2, -0.15) is 5.10 Å². The molecule has 0 aliphatic heterocycles. The van der Waals surface area contributed by atoms with Crippen molar-refractivity contribution in [1.29, 1.82) is 0 Å².